The number of para-hydroxylation sites is 1. The number of carbonyl (C=O) groups is 1. The molecule has 2 N–H and O–H groups in total. The number of amides is 1. The minimum Gasteiger partial charge on any atom is -0.485 e. The first-order valence-corrected chi connectivity index (χ1v) is 15.9. The van der Waals surface area contributed by atoms with Crippen LogP contribution in [0.5, 0.6) is 28.9 Å². The van der Waals surface area contributed by atoms with Crippen molar-refractivity contribution in [3.05, 3.63) is 71.9 Å². The van der Waals surface area contributed by atoms with Gasteiger partial charge in [-0.25, -0.2) is 18.1 Å². The van der Waals surface area contributed by atoms with E-state index >= 15 is 0 Å². The number of carbonyl (C=O) groups excluding carboxylic acids is 1. The SMILES string of the molecule is CS(=O)(=O)CCCOc1ccc(Oc2cccc3c2OC[C@H]3Oc2ccc(C3CC(=O)NS(=O)(=O)N3)cc2)cn1. The predicted octanol–water partition coefficient (Wildman–Crippen LogP) is 2.60. The predicted molar refractivity (Wildman–Crippen MR) is 143 cm³/mol. The van der Waals surface area contributed by atoms with E-state index in [1.807, 2.05) is 16.9 Å². The molecule has 1 amide bonds. The van der Waals surface area contributed by atoms with Crippen molar-refractivity contribution in [3.8, 4) is 28.9 Å². The number of pyridine rings is 1. The van der Waals surface area contributed by atoms with Gasteiger partial charge in [-0.15, -0.1) is 0 Å². The zero-order valence-electron chi connectivity index (χ0n) is 21.4. The lowest BCUT2D eigenvalue weighted by Crippen LogP contribution is -2.48. The molecular formula is C26H27N3O9S2. The molecule has 2 aromatic carbocycles. The highest BCUT2D eigenvalue weighted by Gasteiger charge is 2.31. The standard InChI is InChI=1S/C26H27N3O9S2/c1-39(31,32)13-3-12-35-25-11-10-19(15-27-25)38-22-5-2-4-20-23(16-36-26(20)22)37-18-8-6-17(7-9-18)21-14-24(30)29-40(33,34)28-21/h2,4-11,15,21,23,28H,3,12-14,16H2,1H3,(H,29,30)/t21?,23-/m1/s1. The van der Waals surface area contributed by atoms with Crippen LogP contribution in [0.25, 0.3) is 0 Å². The normalized spacial score (nSPS) is 19.7. The first-order valence-electron chi connectivity index (χ1n) is 12.3. The summed E-state index contributed by atoms with van der Waals surface area (Å²) >= 11 is 0. The molecule has 1 fully saturated rings. The number of hydrogen-bond donors (Lipinski definition) is 2. The molecule has 0 radical (unpaired) electrons. The van der Waals surface area contributed by atoms with Gasteiger partial charge in [0.25, 0.3) is 0 Å². The number of nitrogens with one attached hydrogen (secondary N) is 2. The van der Waals surface area contributed by atoms with Crippen molar-refractivity contribution in [3.63, 3.8) is 0 Å². The molecule has 12 nitrogen and oxygen atoms in total. The van der Waals surface area contributed by atoms with Gasteiger partial charge in [-0.2, -0.15) is 13.1 Å². The summed E-state index contributed by atoms with van der Waals surface area (Å²) in [6.07, 6.45) is 2.67. The highest BCUT2D eigenvalue weighted by atomic mass is 32.2. The van der Waals surface area contributed by atoms with Crippen LogP contribution >= 0.6 is 0 Å². The Morgan fingerprint density at radius 1 is 1.07 bits per heavy atom. The van der Waals surface area contributed by atoms with Gasteiger partial charge in [0.05, 0.1) is 24.6 Å². The van der Waals surface area contributed by atoms with Crippen LogP contribution in [0.15, 0.2) is 60.8 Å². The Kier molecular flexibility index (Phi) is 7.83. The van der Waals surface area contributed by atoms with Crippen LogP contribution in [0.4, 0.5) is 0 Å². The molecule has 0 spiro atoms. The summed E-state index contributed by atoms with van der Waals surface area (Å²) in [6, 6.07) is 15.0. The third-order valence-corrected chi connectivity index (χ3v) is 8.20. The summed E-state index contributed by atoms with van der Waals surface area (Å²) in [6.45, 7) is 0.500. The molecule has 5 rings (SSSR count). The summed E-state index contributed by atoms with van der Waals surface area (Å²) in [5.74, 6) is 1.90. The Morgan fingerprint density at radius 2 is 1.85 bits per heavy atom. The summed E-state index contributed by atoms with van der Waals surface area (Å²) in [5.41, 5.74) is 1.44. The fourth-order valence-electron chi connectivity index (χ4n) is 4.27. The second kappa shape index (κ2) is 11.3. The van der Waals surface area contributed by atoms with E-state index in [-0.39, 0.29) is 25.4 Å². The maximum Gasteiger partial charge on any atom is 0.301 e. The summed E-state index contributed by atoms with van der Waals surface area (Å²) in [4.78, 5) is 15.9. The van der Waals surface area contributed by atoms with E-state index < -0.39 is 38.1 Å². The monoisotopic (exact) mass is 589 g/mol. The molecule has 2 aliphatic rings. The molecule has 40 heavy (non-hydrogen) atoms. The summed E-state index contributed by atoms with van der Waals surface area (Å²) < 4.78 is 73.8. The Bertz CT molecular complexity index is 1590. The van der Waals surface area contributed by atoms with Gasteiger partial charge in [0.2, 0.25) is 11.8 Å². The van der Waals surface area contributed by atoms with Crippen LogP contribution in [-0.2, 0) is 24.8 Å². The average molecular weight is 590 g/mol. The van der Waals surface area contributed by atoms with Crippen LogP contribution in [0.2, 0.25) is 0 Å². The van der Waals surface area contributed by atoms with Crippen molar-refractivity contribution in [1.29, 1.82) is 0 Å². The highest BCUT2D eigenvalue weighted by molar-refractivity contribution is 7.90. The number of ether oxygens (including phenoxy) is 4. The van der Waals surface area contributed by atoms with E-state index in [4.69, 9.17) is 18.9 Å². The van der Waals surface area contributed by atoms with E-state index in [2.05, 4.69) is 9.71 Å². The molecular weight excluding hydrogens is 562 g/mol. The van der Waals surface area contributed by atoms with Gasteiger partial charge < -0.3 is 18.9 Å². The molecule has 1 saturated heterocycles. The molecule has 2 atom stereocenters. The third-order valence-electron chi connectivity index (χ3n) is 6.08. The number of nitrogens with zero attached hydrogens (tertiary/aromatic N) is 1. The van der Waals surface area contributed by atoms with E-state index in [1.165, 1.54) is 12.5 Å². The zero-order chi connectivity index (χ0) is 28.3. The molecule has 1 unspecified atom stereocenters. The lowest BCUT2D eigenvalue weighted by molar-refractivity contribution is -0.120. The number of hydrogen-bond acceptors (Lipinski definition) is 10. The molecule has 0 bridgehead atoms. The smallest absolute Gasteiger partial charge is 0.301 e. The van der Waals surface area contributed by atoms with Crippen LogP contribution in [0.1, 0.15) is 36.1 Å². The molecule has 0 aliphatic carbocycles. The van der Waals surface area contributed by atoms with Crippen LogP contribution in [0.3, 0.4) is 0 Å². The average Bonchev–Trinajstić information content (AvgIpc) is 3.30. The van der Waals surface area contributed by atoms with Crippen molar-refractivity contribution >= 4 is 26.0 Å². The van der Waals surface area contributed by atoms with Crippen molar-refractivity contribution in [2.75, 3.05) is 25.2 Å². The van der Waals surface area contributed by atoms with Crippen LogP contribution in [0, 0.1) is 0 Å². The molecule has 1 aromatic heterocycles. The van der Waals surface area contributed by atoms with Gasteiger partial charge in [0.15, 0.2) is 17.6 Å². The molecule has 14 heteroatoms. The molecule has 3 aromatic rings. The van der Waals surface area contributed by atoms with Gasteiger partial charge >= 0.3 is 10.2 Å². The molecule has 2 aliphatic heterocycles. The molecule has 212 valence electrons. The number of rotatable bonds is 10. The van der Waals surface area contributed by atoms with Crippen LogP contribution < -0.4 is 28.4 Å². The fraction of sp³-hybridized carbons (Fsp3) is 0.308. The fourth-order valence-corrected chi connectivity index (χ4v) is 5.95. The number of sulfone groups is 1. The van der Waals surface area contributed by atoms with Gasteiger partial charge in [-0.05, 0) is 36.2 Å². The Morgan fingerprint density at radius 3 is 2.55 bits per heavy atom. The van der Waals surface area contributed by atoms with Crippen molar-refractivity contribution in [1.82, 2.24) is 14.4 Å². The second-order valence-electron chi connectivity index (χ2n) is 9.33. The molecule has 3 heterocycles. The van der Waals surface area contributed by atoms with Crippen LogP contribution in [-0.4, -0.2) is 52.9 Å². The maximum absolute atomic E-state index is 11.8. The van der Waals surface area contributed by atoms with Gasteiger partial charge in [0, 0.05) is 24.3 Å². The Labute approximate surface area is 231 Å². The summed E-state index contributed by atoms with van der Waals surface area (Å²) in [5, 5.41) is 0. The number of benzene rings is 2. The Balaban J connectivity index is 1.20. The van der Waals surface area contributed by atoms with Gasteiger partial charge in [0.1, 0.15) is 27.9 Å². The van der Waals surface area contributed by atoms with E-state index in [0.717, 1.165) is 5.56 Å². The lowest BCUT2D eigenvalue weighted by Gasteiger charge is -2.24. The van der Waals surface area contributed by atoms with Crippen molar-refractivity contribution in [2.24, 2.45) is 0 Å². The first-order chi connectivity index (χ1) is 19.0. The van der Waals surface area contributed by atoms with Gasteiger partial charge in [-0.3, -0.25) is 4.79 Å². The number of aromatic nitrogens is 1. The van der Waals surface area contributed by atoms with Crippen molar-refractivity contribution < 1.29 is 40.6 Å². The first kappa shape index (κ1) is 27.7. The quantitative estimate of drug-likeness (QED) is 0.337. The Hall–Kier alpha value is -3.88. The number of fused-ring (bicyclic) bond motifs is 1. The lowest BCUT2D eigenvalue weighted by atomic mass is 10.0. The highest BCUT2D eigenvalue weighted by Crippen LogP contribution is 2.43. The maximum atomic E-state index is 11.8. The van der Waals surface area contributed by atoms with Gasteiger partial charge in [-0.1, -0.05) is 24.3 Å². The summed E-state index contributed by atoms with van der Waals surface area (Å²) in [7, 11) is -6.90. The zero-order valence-corrected chi connectivity index (χ0v) is 23.0. The second-order valence-corrected chi connectivity index (χ2v) is 13.0. The van der Waals surface area contributed by atoms with E-state index in [1.54, 1.807) is 42.5 Å². The topological polar surface area (TPSA) is 159 Å². The molecule has 0 saturated carbocycles. The minimum atomic E-state index is -3.87. The van der Waals surface area contributed by atoms with E-state index in [9.17, 15) is 21.6 Å². The minimum absolute atomic E-state index is 0.00268. The van der Waals surface area contributed by atoms with Crippen molar-refractivity contribution in [2.45, 2.75) is 25.0 Å². The largest absolute Gasteiger partial charge is 0.485 e. The van der Waals surface area contributed by atoms with E-state index in [0.29, 0.717) is 40.9 Å². The third kappa shape index (κ3) is 7.00.